The van der Waals surface area contributed by atoms with Gasteiger partial charge >= 0.3 is 0 Å². The average molecular weight is 1460 g/mol. The number of nitrogens with zero attached hydrogens (tertiary/aromatic N) is 6. The van der Waals surface area contributed by atoms with Gasteiger partial charge in [0.25, 0.3) is 0 Å². The molecule has 0 radical (unpaired) electrons. The summed E-state index contributed by atoms with van der Waals surface area (Å²) in [6.45, 7) is 5.90. The highest BCUT2D eigenvalue weighted by Gasteiger charge is 2.55. The fourth-order valence-corrected chi connectivity index (χ4v) is 12.6. The average Bonchev–Trinajstić information content (AvgIpc) is 1.75. The number of carbonyl (C=O) groups excluding carboxylic acids is 1. The number of rotatable bonds is 32. The third-order valence-electron chi connectivity index (χ3n) is 18.8. The molecule has 39 nitrogen and oxygen atoms in total. The molecule has 2 unspecified atom stereocenters. The minimum Gasteiger partial charge on any atom is -0.487 e. The van der Waals surface area contributed by atoms with Gasteiger partial charge in [0, 0.05) is 30.9 Å². The van der Waals surface area contributed by atoms with Crippen molar-refractivity contribution in [2.24, 2.45) is 15.2 Å². The van der Waals surface area contributed by atoms with Gasteiger partial charge in [-0.3, -0.25) is 4.79 Å². The summed E-state index contributed by atoms with van der Waals surface area (Å²) in [5.41, 5.74) is -3.62. The van der Waals surface area contributed by atoms with Gasteiger partial charge < -0.3 is 158 Å². The van der Waals surface area contributed by atoms with Crippen molar-refractivity contribution >= 4 is 12.1 Å². The number of carbonyl (C=O) groups is 1. The van der Waals surface area contributed by atoms with Crippen LogP contribution < -0.4 is 9.47 Å². The SMILES string of the molecule is CC(C)(OC[C@H]1O[C@@H](OCCC2N=NC(COc3cc(C=O)cc(OCc4cn(CCO[C@@H]5O[C@H](COC(C)(C)[C@@H]6O[C@H](COC(C)(C)[C@@H]7O[C@H](CO)[C@@H](O)C[C@H]7O)[C@@H](O)[C@H](O)[C@H]6O)[C@@H](O)C[C@H]5O)nn4)c3)=N2)[C@H](O)[C@@H](O)[C@@H]1O)C1O[C@H](CO[C@@H]2O[C@H](CO)[C@@H](O)[C@H](O)[C@H]2O)[C@@H](O)[C@H](O)[C@H]1O. The monoisotopic (exact) mass is 1450 g/mol. The molecule has 1 aromatic heterocycles. The summed E-state index contributed by atoms with van der Waals surface area (Å²) in [4.78, 5) is 16.4. The number of amidine groups is 1. The van der Waals surface area contributed by atoms with Crippen LogP contribution in [-0.4, -0.2) is 373 Å². The van der Waals surface area contributed by atoms with Crippen LogP contribution in [0.15, 0.2) is 39.6 Å². The number of aldehydes is 1. The molecule has 574 valence electrons. The molecule has 6 saturated heterocycles. The Kier molecular flexibility index (Phi) is 28.0. The van der Waals surface area contributed by atoms with Crippen LogP contribution in [0.25, 0.3) is 0 Å². The van der Waals surface area contributed by atoms with Crippen molar-refractivity contribution in [2.75, 3.05) is 59.5 Å². The van der Waals surface area contributed by atoms with Crippen molar-refractivity contribution in [1.82, 2.24) is 15.0 Å². The zero-order chi connectivity index (χ0) is 73.6. The molecule has 0 bridgehead atoms. The first-order chi connectivity index (χ1) is 47.7. The summed E-state index contributed by atoms with van der Waals surface area (Å²) in [6.07, 6.45) is -39.5. The summed E-state index contributed by atoms with van der Waals surface area (Å²) in [5.74, 6) is 0.620. The van der Waals surface area contributed by atoms with Crippen LogP contribution in [0.2, 0.25) is 0 Å². The first-order valence-corrected chi connectivity index (χ1v) is 33.3. The Hall–Kier alpha value is -4.30. The number of benzene rings is 1. The third kappa shape index (κ3) is 19.7. The number of azo groups is 1. The van der Waals surface area contributed by atoms with Crippen LogP contribution in [0.1, 0.15) is 76.9 Å². The Morgan fingerprint density at radius 3 is 1.53 bits per heavy atom. The second-order valence-electron chi connectivity index (χ2n) is 27.7. The van der Waals surface area contributed by atoms with Crippen molar-refractivity contribution in [1.29, 1.82) is 0 Å². The summed E-state index contributed by atoms with van der Waals surface area (Å²) >= 11 is 0. The van der Waals surface area contributed by atoms with Crippen molar-refractivity contribution in [3.8, 4) is 11.5 Å². The van der Waals surface area contributed by atoms with E-state index in [0.717, 1.165) is 0 Å². The van der Waals surface area contributed by atoms with Gasteiger partial charge in [-0.2, -0.15) is 5.11 Å². The fourth-order valence-electron chi connectivity index (χ4n) is 12.6. The summed E-state index contributed by atoms with van der Waals surface area (Å²) in [5, 5.41) is 207. The van der Waals surface area contributed by atoms with Crippen LogP contribution >= 0.6 is 0 Å². The third-order valence-corrected chi connectivity index (χ3v) is 18.8. The highest BCUT2D eigenvalue weighted by Crippen LogP contribution is 2.37. The van der Waals surface area contributed by atoms with E-state index in [-0.39, 0.29) is 88.3 Å². The van der Waals surface area contributed by atoms with Crippen LogP contribution in [0, 0.1) is 0 Å². The number of hydrogen-bond acceptors (Lipinski definition) is 38. The molecular weight excluding hydrogens is 1360 g/mol. The predicted octanol–water partition coefficient (Wildman–Crippen LogP) is -7.92. The number of aromatic nitrogens is 3. The first kappa shape index (κ1) is 80.8. The quantitative estimate of drug-likeness (QED) is 0.0303. The molecule has 7 aliphatic rings. The Morgan fingerprint density at radius 1 is 0.485 bits per heavy atom. The van der Waals surface area contributed by atoms with E-state index >= 15 is 0 Å². The minimum atomic E-state index is -1.82. The lowest BCUT2D eigenvalue weighted by atomic mass is 9.86. The molecule has 0 amide bonds. The molecule has 39 heteroatoms. The first-order valence-electron chi connectivity index (χ1n) is 33.3. The molecule has 7 aliphatic heterocycles. The number of aliphatic imine (C=N–C) groups is 1. The molecule has 18 N–H and O–H groups in total. The smallest absolute Gasteiger partial charge is 0.186 e. The number of hydrogen-bond donors (Lipinski definition) is 18. The van der Waals surface area contributed by atoms with Gasteiger partial charge in [-0.05, 0) is 53.7 Å². The van der Waals surface area contributed by atoms with Crippen LogP contribution in [0.4, 0.5) is 0 Å². The largest absolute Gasteiger partial charge is 0.487 e. The Morgan fingerprint density at radius 2 is 0.950 bits per heavy atom. The summed E-state index contributed by atoms with van der Waals surface area (Å²) in [7, 11) is 0. The number of aliphatic hydroxyl groups excluding tert-OH is 18. The van der Waals surface area contributed by atoms with Gasteiger partial charge in [0.1, 0.15) is 171 Å². The molecule has 0 saturated carbocycles. The standard InChI is InChI=1S/C62H98N6O33/c1-60(2,54-32(74)14-30(72)34(18-70)96-54)94-23-38-44(78)47(81)51(85)56(98-38)61(3,4)93-22-36-31(73)15-33(75)57(100-36)89-10-8-68-16-27(64-67-68)20-90-28-11-26(17-69)12-29(13-28)91-25-41-63-40(65-66-41)7-9-88-58-52(86)49(83)45(79)39(101-58)24-95-62(5,6)55-50(84)46(80)43(77)37(97-55)21-92-59-53(87)48(82)42(76)35(19-71)99-59/h11-13,16-17,30-40,42-59,70-87H,7-10,14-15,18-25H2,1-6H3/t30-,31-,32+,33+,34+,35+,36+,37+,38+,39+,40?,42+,43+,44+,45+,46-,47-,48-,49-,50+,51+,52+,53+,54+,55?,56+,57+,58+,59+/m0/s1. The lowest BCUT2D eigenvalue weighted by Crippen LogP contribution is -2.65. The lowest BCUT2D eigenvalue weighted by Gasteiger charge is -2.48. The Bertz CT molecular complexity index is 2990. The maximum atomic E-state index is 12.0. The second-order valence-corrected chi connectivity index (χ2v) is 27.7. The number of aliphatic hydroxyl groups is 18. The van der Waals surface area contributed by atoms with E-state index in [1.54, 1.807) is 33.9 Å². The molecule has 6 fully saturated rings. The lowest BCUT2D eigenvalue weighted by molar-refractivity contribution is -0.326. The molecule has 0 aliphatic carbocycles. The van der Waals surface area contributed by atoms with Crippen molar-refractivity contribution < 1.29 is 163 Å². The summed E-state index contributed by atoms with van der Waals surface area (Å²) < 4.78 is 83.6. The van der Waals surface area contributed by atoms with Crippen LogP contribution in [-0.2, 0) is 70.0 Å². The van der Waals surface area contributed by atoms with E-state index < -0.39 is 221 Å². The molecule has 29 atom stereocenters. The van der Waals surface area contributed by atoms with Crippen LogP contribution in [0.3, 0.4) is 0 Å². The Balaban J connectivity index is 0.685. The van der Waals surface area contributed by atoms with E-state index in [0.29, 0.717) is 12.0 Å². The molecule has 0 spiro atoms. The normalized spacial score (nSPS) is 39.6. The molecule has 2 aromatic rings. The van der Waals surface area contributed by atoms with Crippen molar-refractivity contribution in [3.05, 3.63) is 35.7 Å². The molecule has 8 heterocycles. The van der Waals surface area contributed by atoms with Gasteiger partial charge in [-0.15, -0.1) is 10.2 Å². The topological polar surface area (TPSA) is 578 Å². The maximum Gasteiger partial charge on any atom is 0.186 e. The van der Waals surface area contributed by atoms with Gasteiger partial charge in [0.05, 0.1) is 101 Å². The second kappa shape index (κ2) is 35.0. The van der Waals surface area contributed by atoms with Gasteiger partial charge in [0.15, 0.2) is 30.9 Å². The predicted molar refractivity (Wildman–Crippen MR) is 332 cm³/mol. The van der Waals surface area contributed by atoms with E-state index in [2.05, 4.69) is 25.5 Å². The minimum absolute atomic E-state index is 0.0468. The molecule has 101 heavy (non-hydrogen) atoms. The van der Waals surface area contributed by atoms with Gasteiger partial charge in [-0.25, -0.2) is 9.67 Å². The number of ether oxygens (including phenoxy) is 14. The zero-order valence-electron chi connectivity index (χ0n) is 56.4. The molecule has 9 rings (SSSR count). The van der Waals surface area contributed by atoms with E-state index in [1.165, 1.54) is 36.7 Å². The van der Waals surface area contributed by atoms with Gasteiger partial charge in [0.2, 0.25) is 0 Å². The highest BCUT2D eigenvalue weighted by atomic mass is 16.7. The summed E-state index contributed by atoms with van der Waals surface area (Å²) in [6, 6.07) is 4.46. The zero-order valence-corrected chi connectivity index (χ0v) is 56.4. The van der Waals surface area contributed by atoms with Gasteiger partial charge in [-0.1, -0.05) is 5.21 Å². The fraction of sp³-hybridized carbons (Fsp3) is 0.839. The highest BCUT2D eigenvalue weighted by molar-refractivity contribution is 5.85. The van der Waals surface area contributed by atoms with E-state index in [1.807, 2.05) is 0 Å². The van der Waals surface area contributed by atoms with Crippen molar-refractivity contribution in [2.45, 2.75) is 268 Å². The molecular formula is C62H98N6O33. The maximum absolute atomic E-state index is 12.0. The van der Waals surface area contributed by atoms with E-state index in [4.69, 9.17) is 66.3 Å². The van der Waals surface area contributed by atoms with Crippen molar-refractivity contribution in [3.63, 3.8) is 0 Å². The van der Waals surface area contributed by atoms with E-state index in [9.17, 15) is 96.7 Å². The van der Waals surface area contributed by atoms with Crippen LogP contribution in [0.5, 0.6) is 11.5 Å². The molecule has 1 aromatic carbocycles. The Labute approximate surface area is 578 Å².